The minimum Gasteiger partial charge on any atom is -0.435 e. The molecule has 0 radical (unpaired) electrons. The molecule has 0 saturated carbocycles. The third-order valence-corrected chi connectivity index (χ3v) is 3.21. The number of alkyl halides is 2. The maximum absolute atomic E-state index is 12.4. The van der Waals surface area contributed by atoms with Crippen molar-refractivity contribution in [2.45, 2.75) is 13.2 Å². The lowest BCUT2D eigenvalue weighted by molar-refractivity contribution is -0.0498. The second-order valence-electron chi connectivity index (χ2n) is 4.72. The van der Waals surface area contributed by atoms with Gasteiger partial charge >= 0.3 is 6.61 Å². The second-order valence-corrected chi connectivity index (χ2v) is 4.72. The van der Waals surface area contributed by atoms with Crippen molar-refractivity contribution in [1.82, 2.24) is 9.55 Å². The first-order valence-electron chi connectivity index (χ1n) is 6.61. The maximum Gasteiger partial charge on any atom is 0.387 e. The van der Waals surface area contributed by atoms with Gasteiger partial charge in [0.2, 0.25) is 0 Å². The Morgan fingerprint density at radius 1 is 1.14 bits per heavy atom. The maximum atomic E-state index is 12.4. The number of fused-ring (bicyclic) bond motifs is 1. The summed E-state index contributed by atoms with van der Waals surface area (Å²) in [5, 5.41) is 0.519. The molecule has 0 N–H and O–H groups in total. The van der Waals surface area contributed by atoms with Crippen LogP contribution >= 0.6 is 0 Å². The number of nitrogens with zero attached hydrogens (tertiary/aromatic N) is 2. The molecule has 0 amide bonds. The number of halogens is 2. The molecule has 3 aromatic rings. The third kappa shape index (κ3) is 2.95. The first-order chi connectivity index (χ1) is 10.6. The molecule has 0 aliphatic heterocycles. The summed E-state index contributed by atoms with van der Waals surface area (Å²) >= 11 is 0. The molecule has 22 heavy (non-hydrogen) atoms. The van der Waals surface area contributed by atoms with Crippen LogP contribution in [0, 0.1) is 0 Å². The van der Waals surface area contributed by atoms with E-state index in [0.29, 0.717) is 16.5 Å². The molecule has 2 aromatic carbocycles. The largest absolute Gasteiger partial charge is 0.435 e. The predicted octanol–water partition coefficient (Wildman–Crippen LogP) is 3.05. The lowest BCUT2D eigenvalue weighted by atomic mass is 10.2. The summed E-state index contributed by atoms with van der Waals surface area (Å²) in [7, 11) is 0. The van der Waals surface area contributed by atoms with Crippen LogP contribution in [0.3, 0.4) is 0 Å². The second kappa shape index (κ2) is 5.93. The van der Waals surface area contributed by atoms with E-state index in [2.05, 4.69) is 9.72 Å². The molecule has 0 fully saturated rings. The number of aromatic nitrogens is 2. The Hall–Kier alpha value is -2.76. The Morgan fingerprint density at radius 3 is 2.77 bits per heavy atom. The van der Waals surface area contributed by atoms with E-state index in [1.807, 2.05) is 6.07 Å². The van der Waals surface area contributed by atoms with Crippen LogP contribution < -0.4 is 10.3 Å². The van der Waals surface area contributed by atoms with Crippen molar-refractivity contribution in [2.75, 3.05) is 0 Å². The minimum atomic E-state index is -2.87. The van der Waals surface area contributed by atoms with E-state index in [-0.39, 0.29) is 17.9 Å². The minimum absolute atomic E-state index is 0.0642. The highest BCUT2D eigenvalue weighted by Crippen LogP contribution is 2.16. The number of hydrogen-bond acceptors (Lipinski definition) is 3. The van der Waals surface area contributed by atoms with Crippen molar-refractivity contribution in [1.29, 1.82) is 0 Å². The van der Waals surface area contributed by atoms with E-state index in [0.717, 1.165) is 0 Å². The average molecular weight is 302 g/mol. The first kappa shape index (κ1) is 14.2. The number of ether oxygens (including phenoxy) is 1. The normalized spacial score (nSPS) is 11.0. The van der Waals surface area contributed by atoms with E-state index in [1.165, 1.54) is 23.0 Å². The molecular formula is C16H12F2N2O2. The van der Waals surface area contributed by atoms with Crippen LogP contribution in [0.25, 0.3) is 10.9 Å². The number of hydrogen-bond donors (Lipinski definition) is 0. The van der Waals surface area contributed by atoms with Crippen molar-refractivity contribution in [3.63, 3.8) is 0 Å². The van der Waals surface area contributed by atoms with Crippen molar-refractivity contribution in [3.05, 3.63) is 70.8 Å². The molecule has 1 aromatic heterocycles. The fourth-order valence-electron chi connectivity index (χ4n) is 2.24. The predicted molar refractivity (Wildman–Crippen MR) is 78.2 cm³/mol. The summed E-state index contributed by atoms with van der Waals surface area (Å²) < 4.78 is 30.3. The smallest absolute Gasteiger partial charge is 0.387 e. The molecule has 0 atom stereocenters. The highest BCUT2D eigenvalue weighted by Gasteiger charge is 2.07. The van der Waals surface area contributed by atoms with Crippen molar-refractivity contribution in [3.8, 4) is 5.75 Å². The summed E-state index contributed by atoms with van der Waals surface area (Å²) in [6, 6.07) is 13.3. The van der Waals surface area contributed by atoms with E-state index < -0.39 is 6.61 Å². The van der Waals surface area contributed by atoms with Gasteiger partial charge in [0.25, 0.3) is 5.56 Å². The van der Waals surface area contributed by atoms with Gasteiger partial charge in [-0.05, 0) is 29.8 Å². The van der Waals surface area contributed by atoms with Crippen LogP contribution in [0.15, 0.2) is 59.7 Å². The molecule has 4 nitrogen and oxygen atoms in total. The Labute approximate surface area is 124 Å². The van der Waals surface area contributed by atoms with Crippen LogP contribution in [-0.4, -0.2) is 16.2 Å². The lowest BCUT2D eigenvalue weighted by Crippen LogP contribution is -2.21. The molecular weight excluding hydrogens is 290 g/mol. The zero-order chi connectivity index (χ0) is 15.5. The highest BCUT2D eigenvalue weighted by molar-refractivity contribution is 5.76. The summed E-state index contributed by atoms with van der Waals surface area (Å²) in [5.41, 5.74) is 1.13. The molecule has 0 unspecified atom stereocenters. The molecule has 3 rings (SSSR count). The van der Waals surface area contributed by atoms with E-state index in [4.69, 9.17) is 0 Å². The SMILES string of the molecule is O=c1c2ccccc2ncn1Cc1cccc(OC(F)F)c1. The summed E-state index contributed by atoms with van der Waals surface area (Å²) in [6.45, 7) is -2.64. The van der Waals surface area contributed by atoms with Crippen molar-refractivity contribution >= 4 is 10.9 Å². The van der Waals surface area contributed by atoms with Gasteiger partial charge in [-0.1, -0.05) is 24.3 Å². The molecule has 0 spiro atoms. The first-order valence-corrected chi connectivity index (χ1v) is 6.61. The van der Waals surface area contributed by atoms with Crippen molar-refractivity contribution in [2.24, 2.45) is 0 Å². The fourth-order valence-corrected chi connectivity index (χ4v) is 2.24. The summed E-state index contributed by atoms with van der Waals surface area (Å²) in [6.07, 6.45) is 1.45. The molecule has 0 aliphatic rings. The van der Waals surface area contributed by atoms with Gasteiger partial charge in [0.15, 0.2) is 0 Å². The van der Waals surface area contributed by atoms with Gasteiger partial charge in [-0.15, -0.1) is 0 Å². The number of rotatable bonds is 4. The Morgan fingerprint density at radius 2 is 1.95 bits per heavy atom. The number of para-hydroxylation sites is 1. The topological polar surface area (TPSA) is 44.1 Å². The van der Waals surface area contributed by atoms with Gasteiger partial charge in [-0.2, -0.15) is 8.78 Å². The van der Waals surface area contributed by atoms with E-state index >= 15 is 0 Å². The van der Waals surface area contributed by atoms with E-state index in [1.54, 1.807) is 30.3 Å². The van der Waals surface area contributed by atoms with Gasteiger partial charge in [0.05, 0.1) is 23.8 Å². The Balaban J connectivity index is 1.93. The van der Waals surface area contributed by atoms with Gasteiger partial charge in [0.1, 0.15) is 5.75 Å². The highest BCUT2D eigenvalue weighted by atomic mass is 19.3. The van der Waals surface area contributed by atoms with Crippen LogP contribution in [0.4, 0.5) is 8.78 Å². The fraction of sp³-hybridized carbons (Fsp3) is 0.125. The monoisotopic (exact) mass is 302 g/mol. The standard InChI is InChI=1S/C16H12F2N2O2/c17-16(18)22-12-5-3-4-11(8-12)9-20-10-19-14-7-2-1-6-13(14)15(20)21/h1-8,10,16H,9H2. The molecule has 1 heterocycles. The third-order valence-electron chi connectivity index (χ3n) is 3.21. The van der Waals surface area contributed by atoms with Gasteiger partial charge in [-0.3, -0.25) is 9.36 Å². The lowest BCUT2D eigenvalue weighted by Gasteiger charge is -2.09. The average Bonchev–Trinajstić information content (AvgIpc) is 2.50. The number of benzene rings is 2. The van der Waals surface area contributed by atoms with Crippen LogP contribution in [0.5, 0.6) is 5.75 Å². The summed E-state index contributed by atoms with van der Waals surface area (Å²) in [5.74, 6) is 0.0642. The zero-order valence-corrected chi connectivity index (χ0v) is 11.4. The van der Waals surface area contributed by atoms with Crippen LogP contribution in [0.1, 0.15) is 5.56 Å². The Bertz CT molecular complexity index is 862. The van der Waals surface area contributed by atoms with Crippen LogP contribution in [0.2, 0.25) is 0 Å². The molecule has 0 aliphatic carbocycles. The molecule has 0 saturated heterocycles. The van der Waals surface area contributed by atoms with Crippen LogP contribution in [-0.2, 0) is 6.54 Å². The molecule has 6 heteroatoms. The summed E-state index contributed by atoms with van der Waals surface area (Å²) in [4.78, 5) is 16.6. The van der Waals surface area contributed by atoms with Gasteiger partial charge in [-0.25, -0.2) is 4.98 Å². The molecule has 112 valence electrons. The quantitative estimate of drug-likeness (QED) is 0.744. The van der Waals surface area contributed by atoms with Gasteiger partial charge < -0.3 is 4.74 Å². The zero-order valence-electron chi connectivity index (χ0n) is 11.4. The Kier molecular flexibility index (Phi) is 3.82. The van der Waals surface area contributed by atoms with Gasteiger partial charge in [0, 0.05) is 0 Å². The van der Waals surface area contributed by atoms with Crippen molar-refractivity contribution < 1.29 is 13.5 Å². The molecule has 0 bridgehead atoms. The van der Waals surface area contributed by atoms with E-state index in [9.17, 15) is 13.6 Å².